The molecule has 1 N–H and O–H groups in total. The minimum absolute atomic E-state index is 0.718. The van der Waals surface area contributed by atoms with E-state index in [1.165, 1.54) is 25.7 Å². The molecule has 1 aromatic carbocycles. The maximum atomic E-state index is 5.84. The van der Waals surface area contributed by atoms with Crippen LogP contribution in [-0.4, -0.2) is 24.2 Å². The molecular weight excluding hydrogens is 260 g/mol. The summed E-state index contributed by atoms with van der Waals surface area (Å²) in [7, 11) is 0. The van der Waals surface area contributed by atoms with E-state index >= 15 is 0 Å². The van der Waals surface area contributed by atoms with Crippen molar-refractivity contribution in [3.05, 3.63) is 36.5 Å². The molecule has 4 rings (SSSR count). The van der Waals surface area contributed by atoms with Gasteiger partial charge in [0.2, 0.25) is 0 Å². The highest BCUT2D eigenvalue weighted by Gasteiger charge is 2.40. The van der Waals surface area contributed by atoms with E-state index in [4.69, 9.17) is 4.74 Å². The number of nitrogens with zero attached hydrogens (tertiary/aromatic N) is 1. The fourth-order valence-electron chi connectivity index (χ4n) is 3.15. The van der Waals surface area contributed by atoms with Crippen LogP contribution in [0.25, 0.3) is 10.9 Å². The summed E-state index contributed by atoms with van der Waals surface area (Å²) in [5.41, 5.74) is 1.02. The molecule has 0 spiro atoms. The number of fused-ring (bicyclic) bond motifs is 1. The quantitative estimate of drug-likeness (QED) is 0.790. The molecule has 0 atom stereocenters. The van der Waals surface area contributed by atoms with Gasteiger partial charge >= 0.3 is 0 Å². The molecule has 0 amide bonds. The molecule has 21 heavy (non-hydrogen) atoms. The number of nitrogens with one attached hydrogen (secondary N) is 1. The molecule has 0 bridgehead atoms. The zero-order valence-electron chi connectivity index (χ0n) is 12.3. The van der Waals surface area contributed by atoms with Crippen LogP contribution in [0.2, 0.25) is 0 Å². The van der Waals surface area contributed by atoms with Crippen molar-refractivity contribution >= 4 is 10.9 Å². The van der Waals surface area contributed by atoms with Crippen molar-refractivity contribution in [1.82, 2.24) is 10.3 Å². The molecule has 110 valence electrons. The van der Waals surface area contributed by atoms with Crippen molar-refractivity contribution in [1.29, 1.82) is 0 Å². The fourth-order valence-corrected chi connectivity index (χ4v) is 3.15. The number of hydrogen-bond donors (Lipinski definition) is 1. The van der Waals surface area contributed by atoms with E-state index in [0.29, 0.717) is 0 Å². The topological polar surface area (TPSA) is 34.1 Å². The lowest BCUT2D eigenvalue weighted by molar-refractivity contribution is 0.293. The van der Waals surface area contributed by atoms with Crippen molar-refractivity contribution in [2.24, 2.45) is 11.8 Å². The maximum Gasteiger partial charge on any atom is 0.138 e. The van der Waals surface area contributed by atoms with Crippen LogP contribution in [0.5, 0.6) is 5.75 Å². The van der Waals surface area contributed by atoms with Crippen molar-refractivity contribution in [2.75, 3.05) is 13.2 Å². The van der Waals surface area contributed by atoms with Gasteiger partial charge in [-0.3, -0.25) is 4.98 Å². The van der Waals surface area contributed by atoms with Gasteiger partial charge in [-0.05, 0) is 49.7 Å². The third-order valence-corrected chi connectivity index (χ3v) is 4.58. The molecule has 2 aliphatic carbocycles. The summed E-state index contributed by atoms with van der Waals surface area (Å²) in [6.45, 7) is 1.65. The number of aromatic nitrogens is 1. The Morgan fingerprint density at radius 2 is 1.90 bits per heavy atom. The molecule has 2 aliphatic rings. The first-order valence-corrected chi connectivity index (χ1v) is 8.11. The van der Waals surface area contributed by atoms with E-state index in [0.717, 1.165) is 47.7 Å². The second-order valence-electron chi connectivity index (χ2n) is 6.37. The van der Waals surface area contributed by atoms with Crippen LogP contribution in [0.1, 0.15) is 25.7 Å². The summed E-state index contributed by atoms with van der Waals surface area (Å²) in [5.74, 6) is 2.75. The van der Waals surface area contributed by atoms with Gasteiger partial charge in [0.05, 0.1) is 11.7 Å². The average molecular weight is 282 g/mol. The predicted molar refractivity (Wildman–Crippen MR) is 84.5 cm³/mol. The summed E-state index contributed by atoms with van der Waals surface area (Å²) < 4.78 is 5.84. The smallest absolute Gasteiger partial charge is 0.138 e. The first-order valence-electron chi connectivity index (χ1n) is 8.11. The molecular formula is C18H22N2O. The molecule has 3 heteroatoms. The second-order valence-corrected chi connectivity index (χ2v) is 6.37. The number of para-hydroxylation sites is 1. The van der Waals surface area contributed by atoms with Crippen LogP contribution >= 0.6 is 0 Å². The summed E-state index contributed by atoms with van der Waals surface area (Å²) in [6.07, 6.45) is 7.50. The van der Waals surface area contributed by atoms with Gasteiger partial charge in [-0.15, -0.1) is 0 Å². The first kappa shape index (κ1) is 13.1. The molecule has 2 saturated carbocycles. The van der Waals surface area contributed by atoms with Crippen LogP contribution in [0.4, 0.5) is 0 Å². The predicted octanol–water partition coefficient (Wildman–Crippen LogP) is 3.39. The monoisotopic (exact) mass is 282 g/mol. The second kappa shape index (κ2) is 5.64. The molecule has 2 fully saturated rings. The van der Waals surface area contributed by atoms with Crippen molar-refractivity contribution in [3.8, 4) is 5.75 Å². The van der Waals surface area contributed by atoms with Crippen molar-refractivity contribution in [2.45, 2.75) is 31.7 Å². The Bertz CT molecular complexity index is 607. The van der Waals surface area contributed by atoms with Crippen molar-refractivity contribution in [3.63, 3.8) is 0 Å². The van der Waals surface area contributed by atoms with Gasteiger partial charge in [-0.1, -0.05) is 18.2 Å². The summed E-state index contributed by atoms with van der Waals surface area (Å²) in [4.78, 5) is 4.43. The summed E-state index contributed by atoms with van der Waals surface area (Å²) in [5, 5.41) is 4.84. The first-order chi connectivity index (χ1) is 10.4. The number of pyridine rings is 1. The van der Waals surface area contributed by atoms with Crippen molar-refractivity contribution < 1.29 is 4.74 Å². The molecule has 3 nitrogen and oxygen atoms in total. The number of benzene rings is 1. The fraction of sp³-hybridized carbons (Fsp3) is 0.500. The van der Waals surface area contributed by atoms with E-state index < -0.39 is 0 Å². The Kier molecular flexibility index (Phi) is 3.52. The van der Waals surface area contributed by atoms with Gasteiger partial charge < -0.3 is 10.1 Å². The largest absolute Gasteiger partial charge is 0.491 e. The highest BCUT2D eigenvalue weighted by Crippen LogP contribution is 2.44. The molecule has 0 radical (unpaired) electrons. The molecule has 1 heterocycles. The lowest BCUT2D eigenvalue weighted by atomic mass is 10.1. The molecule has 0 unspecified atom stereocenters. The molecule has 0 aliphatic heterocycles. The Balaban J connectivity index is 1.29. The van der Waals surface area contributed by atoms with Crippen LogP contribution in [0.15, 0.2) is 36.5 Å². The third-order valence-electron chi connectivity index (χ3n) is 4.58. The van der Waals surface area contributed by atoms with Gasteiger partial charge in [0, 0.05) is 18.0 Å². The highest BCUT2D eigenvalue weighted by molar-refractivity contribution is 5.79. The molecule has 0 saturated heterocycles. The average Bonchev–Trinajstić information content (AvgIpc) is 3.39. The zero-order chi connectivity index (χ0) is 14.1. The van der Waals surface area contributed by atoms with E-state index in [1.807, 2.05) is 24.4 Å². The highest BCUT2D eigenvalue weighted by atomic mass is 16.5. The van der Waals surface area contributed by atoms with E-state index in [-0.39, 0.29) is 0 Å². The summed E-state index contributed by atoms with van der Waals surface area (Å²) >= 11 is 0. The Morgan fingerprint density at radius 3 is 2.67 bits per heavy atom. The third kappa shape index (κ3) is 3.18. The maximum absolute atomic E-state index is 5.84. The minimum Gasteiger partial charge on any atom is -0.491 e. The number of rotatable bonds is 7. The Morgan fingerprint density at radius 1 is 1.14 bits per heavy atom. The molecule has 1 aromatic heterocycles. The molecule has 2 aromatic rings. The van der Waals surface area contributed by atoms with E-state index in [2.05, 4.69) is 22.4 Å². The van der Waals surface area contributed by atoms with Crippen LogP contribution in [0, 0.1) is 11.8 Å². The lowest BCUT2D eigenvalue weighted by Gasteiger charge is -2.17. The van der Waals surface area contributed by atoms with Crippen LogP contribution in [0.3, 0.4) is 0 Å². The zero-order valence-corrected chi connectivity index (χ0v) is 12.3. The normalized spacial score (nSPS) is 18.3. The standard InChI is InChI=1S/C18H22N2O/c1-2-4-17-15(3-1)11-16(12-20-17)21-10-9-19-18(13-5-6-13)14-7-8-14/h1-4,11-14,18-19H,5-10H2. The van der Waals surface area contributed by atoms with Gasteiger partial charge in [0.25, 0.3) is 0 Å². The van der Waals surface area contributed by atoms with Gasteiger partial charge in [0.1, 0.15) is 12.4 Å². The number of hydrogen-bond acceptors (Lipinski definition) is 3. The van der Waals surface area contributed by atoms with Gasteiger partial charge in [-0.25, -0.2) is 0 Å². The van der Waals surface area contributed by atoms with Gasteiger partial charge in [0.15, 0.2) is 0 Å². The van der Waals surface area contributed by atoms with E-state index in [1.54, 1.807) is 0 Å². The van der Waals surface area contributed by atoms with E-state index in [9.17, 15) is 0 Å². The minimum atomic E-state index is 0.718. The van der Waals surface area contributed by atoms with Crippen LogP contribution < -0.4 is 10.1 Å². The lowest BCUT2D eigenvalue weighted by Crippen LogP contribution is -2.36. The SMILES string of the molecule is c1ccc2ncc(OCCNC(C3CC3)C3CC3)cc2c1. The Hall–Kier alpha value is -1.61. The number of ether oxygens (including phenoxy) is 1. The van der Waals surface area contributed by atoms with Crippen LogP contribution in [-0.2, 0) is 0 Å². The summed E-state index contributed by atoms with van der Waals surface area (Å²) in [6, 6.07) is 11.0. The Labute approximate surface area is 125 Å². The van der Waals surface area contributed by atoms with Gasteiger partial charge in [-0.2, -0.15) is 0 Å².